The maximum Gasteiger partial charge on any atom is 0.220 e. The van der Waals surface area contributed by atoms with Gasteiger partial charge in [-0.1, -0.05) is 75.8 Å². The van der Waals surface area contributed by atoms with Crippen molar-refractivity contribution in [2.24, 2.45) is 5.73 Å². The average molecular weight is 482 g/mol. The molecule has 1 aromatic heterocycles. The van der Waals surface area contributed by atoms with Crippen LogP contribution in [0, 0.1) is 0 Å². The fourth-order valence-electron chi connectivity index (χ4n) is 4.49. The molecular weight excluding hydrogens is 434 g/mol. The van der Waals surface area contributed by atoms with Crippen molar-refractivity contribution in [2.45, 2.75) is 109 Å². The summed E-state index contributed by atoms with van der Waals surface area (Å²) in [6.07, 6.45) is 21.8. The van der Waals surface area contributed by atoms with Crippen molar-refractivity contribution in [3.05, 3.63) is 48.2 Å². The highest BCUT2D eigenvalue weighted by molar-refractivity contribution is 5.90. The lowest BCUT2D eigenvalue weighted by Gasteiger charge is -2.18. The first kappa shape index (κ1) is 28.8. The Morgan fingerprint density at radius 1 is 0.914 bits per heavy atom. The quantitative estimate of drug-likeness (QED) is 0.144. The number of carbonyl (C=O) groups excluding carboxylic acids is 2. The van der Waals surface area contributed by atoms with Crippen molar-refractivity contribution < 1.29 is 9.59 Å². The van der Waals surface area contributed by atoms with E-state index < -0.39 is 6.04 Å². The molecule has 1 aromatic carbocycles. The van der Waals surface area contributed by atoms with Crippen LogP contribution in [-0.4, -0.2) is 29.3 Å². The number of Topliss-reactive ketones (excluding diaryl/α,β-unsaturated/α-hetero) is 1. The minimum absolute atomic E-state index is 0.0260. The largest absolute Gasteiger partial charge is 0.361 e. The van der Waals surface area contributed by atoms with Crippen molar-refractivity contribution in [3.63, 3.8) is 0 Å². The van der Waals surface area contributed by atoms with Gasteiger partial charge in [-0.25, -0.2) is 0 Å². The summed E-state index contributed by atoms with van der Waals surface area (Å²) in [7, 11) is 0. The van der Waals surface area contributed by atoms with Gasteiger partial charge in [0.2, 0.25) is 5.91 Å². The Morgan fingerprint density at radius 3 is 2.34 bits per heavy atom. The Labute approximate surface area is 212 Å². The number of amides is 1. The number of aromatic nitrogens is 1. The predicted octanol–water partition coefficient (Wildman–Crippen LogP) is 6.76. The standard InChI is InChI=1S/C30H47N3O2/c1-2-3-4-5-6-7-8-9-10-11-12-13-14-21-30(35)33-28(29(34)20-17-22-31)23-25-24-32-27-19-16-15-18-26(25)27/h7-8,15-16,18-19,24,28,32H,2-6,9-14,17,20-23,31H2,1H3,(H,33,35)/b8-7-/t28-/m0/s1. The lowest BCUT2D eigenvalue weighted by Crippen LogP contribution is -2.42. The van der Waals surface area contributed by atoms with Gasteiger partial charge in [0.15, 0.2) is 5.78 Å². The van der Waals surface area contributed by atoms with Crippen LogP contribution in [-0.2, 0) is 16.0 Å². The van der Waals surface area contributed by atoms with E-state index in [4.69, 9.17) is 5.73 Å². The number of hydrogen-bond acceptors (Lipinski definition) is 3. The SMILES string of the molecule is CCCCCC/C=C\CCCCCCCC(=O)N[C@@H](Cc1c[nH]c2ccccc12)C(=O)CCCN. The second-order valence-corrected chi connectivity index (χ2v) is 9.67. The molecule has 0 aliphatic carbocycles. The molecule has 0 spiro atoms. The lowest BCUT2D eigenvalue weighted by molar-refractivity contribution is -0.127. The molecule has 2 aromatic rings. The molecule has 4 N–H and O–H groups in total. The van der Waals surface area contributed by atoms with E-state index in [1.54, 1.807) is 0 Å². The number of rotatable bonds is 20. The van der Waals surface area contributed by atoms with Gasteiger partial charge in [0.05, 0.1) is 6.04 Å². The Morgan fingerprint density at radius 2 is 1.60 bits per heavy atom. The molecule has 1 amide bonds. The highest BCUT2D eigenvalue weighted by Crippen LogP contribution is 2.20. The summed E-state index contributed by atoms with van der Waals surface area (Å²) in [5.74, 6) is 0.0365. The molecule has 0 bridgehead atoms. The van der Waals surface area contributed by atoms with E-state index in [0.29, 0.717) is 32.2 Å². The Balaban J connectivity index is 1.67. The van der Waals surface area contributed by atoms with Gasteiger partial charge in [0.25, 0.3) is 0 Å². The number of nitrogens with one attached hydrogen (secondary N) is 2. The van der Waals surface area contributed by atoms with Crippen molar-refractivity contribution in [3.8, 4) is 0 Å². The summed E-state index contributed by atoms with van der Waals surface area (Å²) in [5.41, 5.74) is 7.71. The number of nitrogens with two attached hydrogens (primary N) is 1. The molecule has 35 heavy (non-hydrogen) atoms. The van der Waals surface area contributed by atoms with Gasteiger partial charge in [-0.2, -0.15) is 0 Å². The molecule has 0 unspecified atom stereocenters. The Bertz CT molecular complexity index is 887. The zero-order chi connectivity index (χ0) is 25.1. The van der Waals surface area contributed by atoms with Crippen molar-refractivity contribution >= 4 is 22.6 Å². The van der Waals surface area contributed by atoms with Crippen LogP contribution in [0.15, 0.2) is 42.6 Å². The number of para-hydroxylation sites is 1. The first-order chi connectivity index (χ1) is 17.2. The highest BCUT2D eigenvalue weighted by atomic mass is 16.2. The molecule has 194 valence electrons. The van der Waals surface area contributed by atoms with Crippen molar-refractivity contribution in [2.75, 3.05) is 6.54 Å². The molecule has 5 heteroatoms. The molecule has 0 radical (unpaired) electrons. The molecule has 0 saturated carbocycles. The molecule has 2 rings (SSSR count). The summed E-state index contributed by atoms with van der Waals surface area (Å²) in [6, 6.07) is 7.55. The monoisotopic (exact) mass is 481 g/mol. The van der Waals surface area contributed by atoms with Gasteiger partial charge in [-0.15, -0.1) is 0 Å². The van der Waals surface area contributed by atoms with E-state index in [9.17, 15) is 9.59 Å². The number of hydrogen-bond donors (Lipinski definition) is 3. The second kappa shape index (κ2) is 18.0. The van der Waals surface area contributed by atoms with E-state index in [1.165, 1.54) is 44.9 Å². The maximum atomic E-state index is 12.8. The third-order valence-electron chi connectivity index (χ3n) is 6.62. The zero-order valence-corrected chi connectivity index (χ0v) is 21.8. The zero-order valence-electron chi connectivity index (χ0n) is 21.8. The van der Waals surface area contributed by atoms with E-state index >= 15 is 0 Å². The molecule has 1 atom stereocenters. The lowest BCUT2D eigenvalue weighted by atomic mass is 9.98. The van der Waals surface area contributed by atoms with E-state index in [1.807, 2.05) is 30.5 Å². The first-order valence-corrected chi connectivity index (χ1v) is 13.9. The molecular formula is C30H47N3O2. The van der Waals surface area contributed by atoms with Gasteiger partial charge < -0.3 is 16.0 Å². The summed E-state index contributed by atoms with van der Waals surface area (Å²) in [6.45, 7) is 2.73. The minimum Gasteiger partial charge on any atom is -0.361 e. The number of unbranched alkanes of at least 4 members (excludes halogenated alkanes) is 9. The number of carbonyl (C=O) groups is 2. The fraction of sp³-hybridized carbons (Fsp3) is 0.600. The molecule has 0 aliphatic heterocycles. The van der Waals surface area contributed by atoms with Gasteiger partial charge in [0, 0.05) is 36.4 Å². The normalized spacial score (nSPS) is 12.4. The third-order valence-corrected chi connectivity index (χ3v) is 6.62. The van der Waals surface area contributed by atoms with Gasteiger partial charge >= 0.3 is 0 Å². The van der Waals surface area contributed by atoms with Gasteiger partial charge in [-0.05, 0) is 56.7 Å². The number of benzene rings is 1. The van der Waals surface area contributed by atoms with Crippen LogP contribution in [0.2, 0.25) is 0 Å². The van der Waals surface area contributed by atoms with Crippen LogP contribution in [0.5, 0.6) is 0 Å². The smallest absolute Gasteiger partial charge is 0.220 e. The second-order valence-electron chi connectivity index (χ2n) is 9.67. The van der Waals surface area contributed by atoms with Crippen LogP contribution in [0.1, 0.15) is 102 Å². The average Bonchev–Trinajstić information content (AvgIpc) is 3.27. The molecule has 0 saturated heterocycles. The summed E-state index contributed by atoms with van der Waals surface area (Å²) in [5, 5.41) is 4.12. The van der Waals surface area contributed by atoms with Crippen molar-refractivity contribution in [1.29, 1.82) is 0 Å². The Kier molecular flexibility index (Phi) is 14.8. The van der Waals surface area contributed by atoms with Gasteiger partial charge in [0.1, 0.15) is 0 Å². The van der Waals surface area contributed by atoms with Crippen LogP contribution < -0.4 is 11.1 Å². The summed E-state index contributed by atoms with van der Waals surface area (Å²) < 4.78 is 0. The number of ketones is 1. The van der Waals surface area contributed by atoms with Crippen LogP contribution >= 0.6 is 0 Å². The maximum absolute atomic E-state index is 12.8. The number of aromatic amines is 1. The summed E-state index contributed by atoms with van der Waals surface area (Å²) >= 11 is 0. The van der Waals surface area contributed by atoms with Crippen molar-refractivity contribution in [1.82, 2.24) is 10.3 Å². The molecule has 1 heterocycles. The van der Waals surface area contributed by atoms with Crippen LogP contribution in [0.25, 0.3) is 10.9 Å². The predicted molar refractivity (Wildman–Crippen MR) is 147 cm³/mol. The fourth-order valence-corrected chi connectivity index (χ4v) is 4.49. The molecule has 0 fully saturated rings. The Hall–Kier alpha value is -2.40. The van der Waals surface area contributed by atoms with E-state index in [2.05, 4.69) is 29.4 Å². The first-order valence-electron chi connectivity index (χ1n) is 13.9. The third kappa shape index (κ3) is 11.7. The number of allylic oxidation sites excluding steroid dienone is 2. The number of fused-ring (bicyclic) bond motifs is 1. The van der Waals surface area contributed by atoms with E-state index in [-0.39, 0.29) is 11.7 Å². The minimum atomic E-state index is -0.498. The highest BCUT2D eigenvalue weighted by Gasteiger charge is 2.21. The number of H-pyrrole nitrogens is 1. The molecule has 0 aliphatic rings. The topological polar surface area (TPSA) is 88.0 Å². The van der Waals surface area contributed by atoms with E-state index in [0.717, 1.165) is 42.1 Å². The van der Waals surface area contributed by atoms with Gasteiger partial charge in [-0.3, -0.25) is 9.59 Å². The van der Waals surface area contributed by atoms with Crippen LogP contribution in [0.4, 0.5) is 0 Å². The van der Waals surface area contributed by atoms with Crippen LogP contribution in [0.3, 0.4) is 0 Å². The summed E-state index contributed by atoms with van der Waals surface area (Å²) in [4.78, 5) is 28.7. The molecule has 5 nitrogen and oxygen atoms in total.